The van der Waals surface area contributed by atoms with Gasteiger partial charge in [0.1, 0.15) is 0 Å². The number of hydrogen-bond donors (Lipinski definition) is 1. The Balaban J connectivity index is 0.000001000. The molecular formula is C7H14ClGaO2. The number of aliphatic carboxylic acids is 1. The minimum absolute atomic E-state index is 0. The van der Waals surface area contributed by atoms with Crippen LogP contribution in [0.15, 0.2) is 0 Å². The summed E-state index contributed by atoms with van der Waals surface area (Å²) in [4.78, 5) is 10.5. The number of carboxylic acid groups (broad SMARTS) is 1. The van der Waals surface area contributed by atoms with Crippen LogP contribution in [0.1, 0.15) is 25.7 Å². The van der Waals surface area contributed by atoms with Crippen molar-refractivity contribution >= 4 is 37.4 Å². The van der Waals surface area contributed by atoms with Gasteiger partial charge in [-0.2, -0.15) is 0 Å². The SMILES string of the molecule is O=C(O)C1CCCCC1Cl.[GaH3]. The van der Waals surface area contributed by atoms with Crippen LogP contribution in [0.5, 0.6) is 0 Å². The number of hydrogen-bond acceptors (Lipinski definition) is 1. The molecule has 2 atom stereocenters. The summed E-state index contributed by atoms with van der Waals surface area (Å²) in [6, 6.07) is 0. The molecule has 1 saturated carbocycles. The van der Waals surface area contributed by atoms with E-state index in [0.29, 0.717) is 0 Å². The Bertz CT molecular complexity index is 140. The van der Waals surface area contributed by atoms with Gasteiger partial charge in [-0.1, -0.05) is 12.8 Å². The molecule has 0 aromatic rings. The first-order valence-electron chi connectivity index (χ1n) is 3.58. The molecule has 0 spiro atoms. The van der Waals surface area contributed by atoms with Crippen molar-refractivity contribution in [2.24, 2.45) is 5.92 Å². The van der Waals surface area contributed by atoms with E-state index in [4.69, 9.17) is 16.7 Å². The van der Waals surface area contributed by atoms with Gasteiger partial charge in [-0.15, -0.1) is 11.6 Å². The van der Waals surface area contributed by atoms with Gasteiger partial charge in [0.25, 0.3) is 0 Å². The van der Waals surface area contributed by atoms with Crippen LogP contribution in [0, 0.1) is 5.92 Å². The van der Waals surface area contributed by atoms with E-state index in [9.17, 15) is 4.79 Å². The van der Waals surface area contributed by atoms with Gasteiger partial charge in [0.05, 0.1) is 5.92 Å². The molecular weight excluding hydrogens is 221 g/mol. The van der Waals surface area contributed by atoms with Crippen LogP contribution in [0.25, 0.3) is 0 Å². The molecule has 1 N–H and O–H groups in total. The Labute approximate surface area is 84.4 Å². The molecule has 0 saturated heterocycles. The third-order valence-electron chi connectivity index (χ3n) is 2.00. The molecule has 1 rings (SSSR count). The zero-order chi connectivity index (χ0) is 7.56. The molecule has 1 fully saturated rings. The average Bonchev–Trinajstić information content (AvgIpc) is 1.88. The van der Waals surface area contributed by atoms with Crippen molar-refractivity contribution < 1.29 is 9.90 Å². The molecule has 0 aromatic carbocycles. The molecule has 2 nitrogen and oxygen atoms in total. The number of carboxylic acids is 1. The summed E-state index contributed by atoms with van der Waals surface area (Å²) in [5, 5.41) is 8.49. The fourth-order valence-corrected chi connectivity index (χ4v) is 1.75. The number of rotatable bonds is 1. The molecule has 1 aliphatic carbocycles. The summed E-state index contributed by atoms with van der Waals surface area (Å²) in [7, 11) is 0. The van der Waals surface area contributed by atoms with Gasteiger partial charge in [-0.05, 0) is 12.8 Å². The molecule has 4 heteroatoms. The Morgan fingerprint density at radius 1 is 1.36 bits per heavy atom. The van der Waals surface area contributed by atoms with Gasteiger partial charge in [-0.3, -0.25) is 4.79 Å². The topological polar surface area (TPSA) is 37.3 Å². The molecule has 64 valence electrons. The molecule has 0 bridgehead atoms. The number of alkyl halides is 1. The van der Waals surface area contributed by atoms with E-state index in [2.05, 4.69) is 0 Å². The van der Waals surface area contributed by atoms with E-state index in [0.717, 1.165) is 25.7 Å². The molecule has 0 heterocycles. The van der Waals surface area contributed by atoms with Crippen LogP contribution >= 0.6 is 11.6 Å². The quantitative estimate of drug-likeness (QED) is 0.536. The second-order valence-corrected chi connectivity index (χ2v) is 3.31. The van der Waals surface area contributed by atoms with Crippen molar-refractivity contribution in [1.29, 1.82) is 0 Å². The molecule has 2 unspecified atom stereocenters. The summed E-state index contributed by atoms with van der Waals surface area (Å²) in [6.45, 7) is 0. The second kappa shape index (κ2) is 5.11. The zero-order valence-electron chi connectivity index (χ0n) is 5.72. The molecule has 1 aliphatic rings. The Morgan fingerprint density at radius 3 is 2.27 bits per heavy atom. The standard InChI is InChI=1S/C7H11ClO2.Ga.3H/c8-6-4-2-1-3-5(6)7(9)10;;;;/h5-6H,1-4H2,(H,9,10);;;;. The molecule has 11 heavy (non-hydrogen) atoms. The van der Waals surface area contributed by atoms with E-state index < -0.39 is 5.97 Å². The number of carbonyl (C=O) groups is 1. The van der Waals surface area contributed by atoms with Crippen LogP contribution in [0.2, 0.25) is 0 Å². The molecule has 0 radical (unpaired) electrons. The molecule has 0 aliphatic heterocycles. The van der Waals surface area contributed by atoms with Gasteiger partial charge >= 0.3 is 25.8 Å². The van der Waals surface area contributed by atoms with Crippen LogP contribution < -0.4 is 0 Å². The van der Waals surface area contributed by atoms with Gasteiger partial charge in [0, 0.05) is 5.38 Å². The zero-order valence-corrected chi connectivity index (χ0v) is 6.47. The van der Waals surface area contributed by atoms with Gasteiger partial charge in [-0.25, -0.2) is 0 Å². The van der Waals surface area contributed by atoms with E-state index in [1.54, 1.807) is 0 Å². The second-order valence-electron chi connectivity index (χ2n) is 2.75. The van der Waals surface area contributed by atoms with E-state index >= 15 is 0 Å². The van der Waals surface area contributed by atoms with Crippen LogP contribution in [-0.4, -0.2) is 36.2 Å². The minimum atomic E-state index is -0.736. The maximum atomic E-state index is 10.5. The van der Waals surface area contributed by atoms with Gasteiger partial charge in [0.15, 0.2) is 0 Å². The Morgan fingerprint density at radius 2 is 1.91 bits per heavy atom. The van der Waals surface area contributed by atoms with Crippen molar-refractivity contribution in [3.8, 4) is 0 Å². The first-order chi connectivity index (χ1) is 4.72. The summed E-state index contributed by atoms with van der Waals surface area (Å²) in [5.74, 6) is -1.03. The summed E-state index contributed by atoms with van der Waals surface area (Å²) in [6.07, 6.45) is 3.71. The van der Waals surface area contributed by atoms with Crippen molar-refractivity contribution in [1.82, 2.24) is 0 Å². The Kier molecular flexibility index (Phi) is 5.30. The molecule has 0 amide bonds. The third kappa shape index (κ3) is 3.09. The first kappa shape index (κ1) is 11.4. The monoisotopic (exact) mass is 234 g/mol. The number of halogens is 1. The summed E-state index contributed by atoms with van der Waals surface area (Å²) >= 11 is 5.80. The fourth-order valence-electron chi connectivity index (χ4n) is 1.36. The molecule has 0 aromatic heterocycles. The summed E-state index contributed by atoms with van der Waals surface area (Å²) in [5.41, 5.74) is 0. The van der Waals surface area contributed by atoms with Crippen molar-refractivity contribution in [3.05, 3.63) is 0 Å². The van der Waals surface area contributed by atoms with Crippen LogP contribution in [0.4, 0.5) is 0 Å². The van der Waals surface area contributed by atoms with Crippen molar-refractivity contribution in [2.45, 2.75) is 31.1 Å². The Hall–Kier alpha value is 0.396. The summed E-state index contributed by atoms with van der Waals surface area (Å²) < 4.78 is 0. The average molecular weight is 235 g/mol. The third-order valence-corrected chi connectivity index (χ3v) is 2.52. The fraction of sp³-hybridized carbons (Fsp3) is 0.857. The van der Waals surface area contributed by atoms with E-state index in [1.165, 1.54) is 0 Å². The van der Waals surface area contributed by atoms with Gasteiger partial charge in [0.2, 0.25) is 0 Å². The van der Waals surface area contributed by atoms with E-state index in [-0.39, 0.29) is 31.1 Å². The predicted molar refractivity (Wildman–Crippen MR) is 49.2 cm³/mol. The first-order valence-corrected chi connectivity index (χ1v) is 4.02. The predicted octanol–water partition coefficient (Wildman–Crippen LogP) is 0.685. The van der Waals surface area contributed by atoms with Crippen molar-refractivity contribution in [3.63, 3.8) is 0 Å². The van der Waals surface area contributed by atoms with Gasteiger partial charge < -0.3 is 5.11 Å². The van der Waals surface area contributed by atoms with Crippen LogP contribution in [0.3, 0.4) is 0 Å². The van der Waals surface area contributed by atoms with Crippen molar-refractivity contribution in [2.75, 3.05) is 0 Å². The maximum absolute atomic E-state index is 10.5. The van der Waals surface area contributed by atoms with E-state index in [1.807, 2.05) is 0 Å². The normalized spacial score (nSPS) is 30.6. The van der Waals surface area contributed by atoms with Crippen LogP contribution in [-0.2, 0) is 4.79 Å².